The molecule has 2 heterocycles. The van der Waals surface area contributed by atoms with E-state index in [4.69, 9.17) is 4.74 Å². The third-order valence-electron chi connectivity index (χ3n) is 4.89. The summed E-state index contributed by atoms with van der Waals surface area (Å²) in [7, 11) is 1.99. The maximum atomic E-state index is 5.95. The van der Waals surface area contributed by atoms with Gasteiger partial charge in [-0.25, -0.2) is 0 Å². The molecule has 4 unspecified atom stereocenters. The van der Waals surface area contributed by atoms with E-state index in [0.717, 1.165) is 12.4 Å². The molecule has 106 valence electrons. The Kier molecular flexibility index (Phi) is 3.14. The first-order valence-electron chi connectivity index (χ1n) is 7.23. The number of aromatic nitrogens is 3. The van der Waals surface area contributed by atoms with Crippen LogP contribution in [-0.4, -0.2) is 33.5 Å². The van der Waals surface area contributed by atoms with Crippen molar-refractivity contribution in [1.82, 2.24) is 20.1 Å². The first kappa shape index (κ1) is 13.1. The number of nitrogens with zero attached hydrogens (tertiary/aromatic N) is 3. The van der Waals surface area contributed by atoms with Crippen LogP contribution in [0.3, 0.4) is 0 Å². The SMILES string of the molecule is CC(NC1C2CCCOC2C1(C)C)c1nncn1C. The van der Waals surface area contributed by atoms with Crippen LogP contribution in [0.15, 0.2) is 6.33 Å². The summed E-state index contributed by atoms with van der Waals surface area (Å²) >= 11 is 0. The van der Waals surface area contributed by atoms with Crippen molar-refractivity contribution in [2.24, 2.45) is 18.4 Å². The Hall–Kier alpha value is -0.940. The molecule has 0 radical (unpaired) electrons. The molecule has 0 spiro atoms. The number of aryl methyl sites for hydroxylation is 1. The third kappa shape index (κ3) is 1.99. The second-order valence-electron chi connectivity index (χ2n) is 6.58. The van der Waals surface area contributed by atoms with Gasteiger partial charge in [-0.05, 0) is 19.8 Å². The maximum Gasteiger partial charge on any atom is 0.149 e. The topological polar surface area (TPSA) is 52.0 Å². The Labute approximate surface area is 114 Å². The Balaban J connectivity index is 1.71. The summed E-state index contributed by atoms with van der Waals surface area (Å²) < 4.78 is 7.93. The first-order valence-corrected chi connectivity index (χ1v) is 7.23. The molecule has 0 bridgehead atoms. The van der Waals surface area contributed by atoms with Gasteiger partial charge in [-0.3, -0.25) is 0 Å². The molecule has 5 heteroatoms. The minimum atomic E-state index is 0.206. The molecule has 1 aliphatic heterocycles. The molecular formula is C14H24N4O. The molecule has 1 saturated heterocycles. The Bertz CT molecular complexity index is 456. The van der Waals surface area contributed by atoms with Crippen molar-refractivity contribution < 1.29 is 4.74 Å². The zero-order valence-corrected chi connectivity index (χ0v) is 12.3. The van der Waals surface area contributed by atoms with E-state index in [1.54, 1.807) is 6.33 Å². The highest BCUT2D eigenvalue weighted by Gasteiger charge is 2.58. The number of hydrogen-bond donors (Lipinski definition) is 1. The van der Waals surface area contributed by atoms with Gasteiger partial charge in [0.25, 0.3) is 0 Å². The molecule has 0 amide bonds. The average molecular weight is 264 g/mol. The van der Waals surface area contributed by atoms with E-state index in [1.807, 2.05) is 11.6 Å². The van der Waals surface area contributed by atoms with Gasteiger partial charge in [0.2, 0.25) is 0 Å². The van der Waals surface area contributed by atoms with Gasteiger partial charge in [-0.1, -0.05) is 13.8 Å². The zero-order valence-electron chi connectivity index (χ0n) is 12.3. The van der Waals surface area contributed by atoms with Gasteiger partial charge in [0.05, 0.1) is 12.1 Å². The number of rotatable bonds is 3. The molecule has 2 aliphatic rings. The van der Waals surface area contributed by atoms with Crippen LogP contribution < -0.4 is 5.32 Å². The van der Waals surface area contributed by atoms with Crippen LogP contribution in [-0.2, 0) is 11.8 Å². The van der Waals surface area contributed by atoms with Crippen LogP contribution in [0.25, 0.3) is 0 Å². The standard InChI is InChI=1S/C14H24N4O/c1-9(13-17-15-8-18(13)4)16-11-10-6-5-7-19-12(10)14(11,2)3/h8-12,16H,5-7H2,1-4H3. The van der Waals surface area contributed by atoms with Crippen LogP contribution in [0.1, 0.15) is 45.5 Å². The smallest absolute Gasteiger partial charge is 0.149 e. The van der Waals surface area contributed by atoms with Gasteiger partial charge in [0.1, 0.15) is 12.2 Å². The van der Waals surface area contributed by atoms with E-state index in [2.05, 4.69) is 36.3 Å². The van der Waals surface area contributed by atoms with Crippen LogP contribution in [0.2, 0.25) is 0 Å². The lowest BCUT2D eigenvalue weighted by atomic mass is 9.55. The molecule has 4 atom stereocenters. The highest BCUT2D eigenvalue weighted by atomic mass is 16.5. The van der Waals surface area contributed by atoms with E-state index in [-0.39, 0.29) is 11.5 Å². The summed E-state index contributed by atoms with van der Waals surface area (Å²) in [4.78, 5) is 0. The fourth-order valence-electron chi connectivity index (χ4n) is 3.89. The minimum absolute atomic E-state index is 0.206. The lowest BCUT2D eigenvalue weighted by Gasteiger charge is -2.60. The van der Waals surface area contributed by atoms with Crippen LogP contribution >= 0.6 is 0 Å². The minimum Gasteiger partial charge on any atom is -0.377 e. The Morgan fingerprint density at radius 2 is 2.32 bits per heavy atom. The monoisotopic (exact) mass is 264 g/mol. The lowest BCUT2D eigenvalue weighted by Crippen LogP contribution is -2.69. The molecule has 1 aromatic heterocycles. The second kappa shape index (κ2) is 4.56. The number of nitrogens with one attached hydrogen (secondary N) is 1. The lowest BCUT2D eigenvalue weighted by molar-refractivity contribution is -0.194. The van der Waals surface area contributed by atoms with Gasteiger partial charge in [0.15, 0.2) is 0 Å². The van der Waals surface area contributed by atoms with Crippen molar-refractivity contribution in [2.45, 2.75) is 51.8 Å². The van der Waals surface area contributed by atoms with E-state index in [0.29, 0.717) is 18.1 Å². The van der Waals surface area contributed by atoms with Crippen LogP contribution in [0.5, 0.6) is 0 Å². The molecule has 3 rings (SSSR count). The van der Waals surface area contributed by atoms with Crippen molar-refractivity contribution in [2.75, 3.05) is 6.61 Å². The van der Waals surface area contributed by atoms with Gasteiger partial charge < -0.3 is 14.6 Å². The Morgan fingerprint density at radius 1 is 1.53 bits per heavy atom. The predicted octanol–water partition coefficient (Wildman–Crippen LogP) is 1.67. The molecule has 1 aliphatic carbocycles. The normalized spacial score (nSPS) is 34.4. The fourth-order valence-corrected chi connectivity index (χ4v) is 3.89. The summed E-state index contributed by atoms with van der Waals surface area (Å²) in [5, 5.41) is 11.9. The van der Waals surface area contributed by atoms with Crippen molar-refractivity contribution in [3.63, 3.8) is 0 Å². The Morgan fingerprint density at radius 3 is 3.00 bits per heavy atom. The molecule has 1 aromatic rings. The number of ether oxygens (including phenoxy) is 1. The highest BCUT2D eigenvalue weighted by molar-refractivity contribution is 5.11. The predicted molar refractivity (Wildman–Crippen MR) is 72.6 cm³/mol. The van der Waals surface area contributed by atoms with Gasteiger partial charge in [-0.2, -0.15) is 0 Å². The van der Waals surface area contributed by atoms with E-state index in [1.165, 1.54) is 12.8 Å². The largest absolute Gasteiger partial charge is 0.377 e. The highest BCUT2D eigenvalue weighted by Crippen LogP contribution is 2.51. The maximum absolute atomic E-state index is 5.95. The van der Waals surface area contributed by atoms with E-state index in [9.17, 15) is 0 Å². The summed E-state index contributed by atoms with van der Waals surface area (Å²) in [6.07, 6.45) is 4.64. The molecular weight excluding hydrogens is 240 g/mol. The summed E-state index contributed by atoms with van der Waals surface area (Å²) in [5.41, 5.74) is 0.206. The molecule has 19 heavy (non-hydrogen) atoms. The van der Waals surface area contributed by atoms with Gasteiger partial charge in [0, 0.05) is 31.0 Å². The fraction of sp³-hybridized carbons (Fsp3) is 0.857. The molecule has 1 N–H and O–H groups in total. The van der Waals surface area contributed by atoms with Crippen molar-refractivity contribution >= 4 is 0 Å². The number of hydrogen-bond acceptors (Lipinski definition) is 4. The summed E-state index contributed by atoms with van der Waals surface area (Å²) in [6, 6.07) is 0.726. The molecule has 5 nitrogen and oxygen atoms in total. The van der Waals surface area contributed by atoms with Crippen molar-refractivity contribution in [3.8, 4) is 0 Å². The third-order valence-corrected chi connectivity index (χ3v) is 4.89. The van der Waals surface area contributed by atoms with Crippen LogP contribution in [0, 0.1) is 11.3 Å². The van der Waals surface area contributed by atoms with Crippen LogP contribution in [0.4, 0.5) is 0 Å². The van der Waals surface area contributed by atoms with E-state index < -0.39 is 0 Å². The first-order chi connectivity index (χ1) is 9.01. The summed E-state index contributed by atoms with van der Waals surface area (Å²) in [6.45, 7) is 7.70. The number of fused-ring (bicyclic) bond motifs is 1. The van der Waals surface area contributed by atoms with Gasteiger partial charge in [-0.15, -0.1) is 10.2 Å². The molecule has 0 aromatic carbocycles. The second-order valence-corrected chi connectivity index (χ2v) is 6.58. The quantitative estimate of drug-likeness (QED) is 0.902. The van der Waals surface area contributed by atoms with E-state index >= 15 is 0 Å². The molecule has 2 fully saturated rings. The zero-order chi connectivity index (χ0) is 13.6. The van der Waals surface area contributed by atoms with Crippen molar-refractivity contribution in [1.29, 1.82) is 0 Å². The van der Waals surface area contributed by atoms with Crippen molar-refractivity contribution in [3.05, 3.63) is 12.2 Å². The van der Waals surface area contributed by atoms with Gasteiger partial charge >= 0.3 is 0 Å². The molecule has 1 saturated carbocycles. The summed E-state index contributed by atoms with van der Waals surface area (Å²) in [5.74, 6) is 1.65. The average Bonchev–Trinajstić information content (AvgIpc) is 2.82.